The van der Waals surface area contributed by atoms with Crippen LogP contribution in [0.5, 0.6) is 0 Å². The molecule has 0 nitrogen and oxygen atoms in total. The molecular weight excluding hydrogens is 416 g/mol. The maximum Gasteiger partial charge on any atom is 0.0181 e. The van der Waals surface area contributed by atoms with Gasteiger partial charge < -0.3 is 0 Å². The summed E-state index contributed by atoms with van der Waals surface area (Å²) in [4.78, 5) is 0. The van der Waals surface area contributed by atoms with Gasteiger partial charge in [0.15, 0.2) is 0 Å². The first kappa shape index (κ1) is 16.8. The van der Waals surface area contributed by atoms with Gasteiger partial charge in [0, 0.05) is 4.47 Å². The fraction of sp³-hybridized carbons (Fsp3) is 0. The van der Waals surface area contributed by atoms with Crippen molar-refractivity contribution in [3.8, 4) is 11.1 Å². The minimum atomic E-state index is 1.10. The molecule has 0 aliphatic heterocycles. The average molecular weight is 433 g/mol. The normalized spacial score (nSPS) is 11.6. The molecule has 0 unspecified atom stereocenters. The second-order valence-corrected chi connectivity index (χ2v) is 8.41. The van der Waals surface area contributed by atoms with Gasteiger partial charge >= 0.3 is 0 Å². The van der Waals surface area contributed by atoms with Crippen molar-refractivity contribution in [2.45, 2.75) is 0 Å². The summed E-state index contributed by atoms with van der Waals surface area (Å²) in [6, 6.07) is 37.3. The highest BCUT2D eigenvalue weighted by molar-refractivity contribution is 9.10. The topological polar surface area (TPSA) is 0 Å². The molecule has 0 atom stereocenters. The van der Waals surface area contributed by atoms with Crippen LogP contribution in [0.25, 0.3) is 54.2 Å². The van der Waals surface area contributed by atoms with E-state index in [2.05, 4.69) is 119 Å². The predicted octanol–water partition coefficient (Wildman–Crippen LogP) is 8.73. The van der Waals surface area contributed by atoms with Crippen LogP contribution in [-0.4, -0.2) is 0 Å². The summed E-state index contributed by atoms with van der Waals surface area (Å²) in [6.45, 7) is 0. The molecule has 6 aromatic carbocycles. The first-order chi connectivity index (χ1) is 14.3. The zero-order valence-corrected chi connectivity index (χ0v) is 17.3. The second kappa shape index (κ2) is 6.43. The number of rotatable bonds is 1. The molecule has 0 radical (unpaired) electrons. The molecule has 0 aliphatic rings. The van der Waals surface area contributed by atoms with Gasteiger partial charge in [-0.15, -0.1) is 0 Å². The first-order valence-corrected chi connectivity index (χ1v) is 10.6. The summed E-state index contributed by atoms with van der Waals surface area (Å²) in [5, 5.41) is 10.5. The number of benzene rings is 6. The number of hydrogen-bond donors (Lipinski definition) is 0. The summed E-state index contributed by atoms with van der Waals surface area (Å²) in [5.74, 6) is 0. The SMILES string of the molecule is Brc1cccc(-c2cccc3ccc4c5ccccc5c5ccccc5c4c23)c1. The molecule has 0 saturated carbocycles. The van der Waals surface area contributed by atoms with Gasteiger partial charge in [-0.3, -0.25) is 0 Å². The lowest BCUT2D eigenvalue weighted by atomic mass is 9.88. The molecule has 0 spiro atoms. The van der Waals surface area contributed by atoms with Crippen LogP contribution in [-0.2, 0) is 0 Å². The van der Waals surface area contributed by atoms with E-state index in [1.165, 1.54) is 54.2 Å². The third-order valence-electron chi connectivity index (χ3n) is 5.89. The zero-order valence-electron chi connectivity index (χ0n) is 15.7. The van der Waals surface area contributed by atoms with Crippen LogP contribution in [0.4, 0.5) is 0 Å². The van der Waals surface area contributed by atoms with Crippen LogP contribution in [0.1, 0.15) is 0 Å². The van der Waals surface area contributed by atoms with Gasteiger partial charge in [0.25, 0.3) is 0 Å². The van der Waals surface area contributed by atoms with Crippen LogP contribution in [0, 0.1) is 0 Å². The van der Waals surface area contributed by atoms with Crippen molar-refractivity contribution in [2.75, 3.05) is 0 Å². The lowest BCUT2D eigenvalue weighted by Gasteiger charge is -2.15. The van der Waals surface area contributed by atoms with Crippen molar-refractivity contribution < 1.29 is 0 Å². The monoisotopic (exact) mass is 432 g/mol. The van der Waals surface area contributed by atoms with E-state index >= 15 is 0 Å². The number of hydrogen-bond acceptors (Lipinski definition) is 0. The highest BCUT2D eigenvalue weighted by Gasteiger charge is 2.14. The lowest BCUT2D eigenvalue weighted by molar-refractivity contribution is 1.62. The minimum Gasteiger partial charge on any atom is -0.0616 e. The molecule has 0 fully saturated rings. The largest absolute Gasteiger partial charge is 0.0616 e. The average Bonchev–Trinajstić information content (AvgIpc) is 2.78. The Morgan fingerprint density at radius 2 is 1.07 bits per heavy atom. The van der Waals surface area contributed by atoms with Crippen molar-refractivity contribution in [3.05, 3.63) is 108 Å². The van der Waals surface area contributed by atoms with Gasteiger partial charge in [-0.1, -0.05) is 107 Å². The molecule has 0 aliphatic carbocycles. The minimum absolute atomic E-state index is 1.10. The van der Waals surface area contributed by atoms with Crippen molar-refractivity contribution in [1.82, 2.24) is 0 Å². The predicted molar refractivity (Wildman–Crippen MR) is 130 cm³/mol. The Morgan fingerprint density at radius 3 is 1.79 bits per heavy atom. The molecule has 0 saturated heterocycles. The van der Waals surface area contributed by atoms with Gasteiger partial charge in [-0.05, 0) is 66.3 Å². The molecule has 0 N–H and O–H groups in total. The second-order valence-electron chi connectivity index (χ2n) is 7.49. The molecule has 29 heavy (non-hydrogen) atoms. The maximum atomic E-state index is 3.65. The van der Waals surface area contributed by atoms with Crippen molar-refractivity contribution in [1.29, 1.82) is 0 Å². The van der Waals surface area contributed by atoms with Crippen LogP contribution in [0.2, 0.25) is 0 Å². The Labute approximate surface area is 177 Å². The van der Waals surface area contributed by atoms with E-state index in [9.17, 15) is 0 Å². The van der Waals surface area contributed by atoms with E-state index in [1.54, 1.807) is 0 Å². The standard InChI is InChI=1S/C28H17Br/c29-20-9-5-8-19(17-20)21-14-6-7-18-15-16-26-24-12-2-1-10-22(24)23-11-3-4-13-25(23)28(26)27(18)21/h1-17H. The number of fused-ring (bicyclic) bond motifs is 8. The Bertz CT molecular complexity index is 1520. The molecule has 0 heterocycles. The van der Waals surface area contributed by atoms with Gasteiger partial charge in [-0.2, -0.15) is 0 Å². The third kappa shape index (κ3) is 2.51. The summed E-state index contributed by atoms with van der Waals surface area (Å²) < 4.78 is 1.10. The molecule has 6 aromatic rings. The summed E-state index contributed by atoms with van der Waals surface area (Å²) in [7, 11) is 0. The lowest BCUT2D eigenvalue weighted by Crippen LogP contribution is -1.88. The van der Waals surface area contributed by atoms with Gasteiger partial charge in [-0.25, -0.2) is 0 Å². The molecule has 0 amide bonds. The van der Waals surface area contributed by atoms with Gasteiger partial charge in [0.2, 0.25) is 0 Å². The van der Waals surface area contributed by atoms with Gasteiger partial charge in [0.1, 0.15) is 0 Å². The molecule has 136 valence electrons. The fourth-order valence-electron chi connectivity index (χ4n) is 4.67. The van der Waals surface area contributed by atoms with E-state index in [-0.39, 0.29) is 0 Å². The maximum absolute atomic E-state index is 3.65. The zero-order chi connectivity index (χ0) is 19.4. The Kier molecular flexibility index (Phi) is 3.72. The van der Waals surface area contributed by atoms with E-state index < -0.39 is 0 Å². The molecular formula is C28H17Br. The molecule has 0 bridgehead atoms. The van der Waals surface area contributed by atoms with Crippen LogP contribution >= 0.6 is 15.9 Å². The number of halogens is 1. The van der Waals surface area contributed by atoms with Crippen LogP contribution in [0.3, 0.4) is 0 Å². The Morgan fingerprint density at radius 1 is 0.448 bits per heavy atom. The van der Waals surface area contributed by atoms with Crippen molar-refractivity contribution in [3.63, 3.8) is 0 Å². The van der Waals surface area contributed by atoms with Gasteiger partial charge in [0.05, 0.1) is 0 Å². The summed E-state index contributed by atoms with van der Waals surface area (Å²) in [6.07, 6.45) is 0. The van der Waals surface area contributed by atoms with Crippen molar-refractivity contribution >= 4 is 59.0 Å². The van der Waals surface area contributed by atoms with Crippen LogP contribution in [0.15, 0.2) is 108 Å². The third-order valence-corrected chi connectivity index (χ3v) is 6.38. The summed E-state index contributed by atoms with van der Waals surface area (Å²) in [5.41, 5.74) is 2.50. The van der Waals surface area contributed by atoms with E-state index in [4.69, 9.17) is 0 Å². The Hall–Kier alpha value is -3.16. The fourth-order valence-corrected chi connectivity index (χ4v) is 5.07. The molecule has 0 aromatic heterocycles. The van der Waals surface area contributed by atoms with E-state index in [0.717, 1.165) is 4.47 Å². The molecule has 6 rings (SSSR count). The van der Waals surface area contributed by atoms with Crippen molar-refractivity contribution in [2.24, 2.45) is 0 Å². The highest BCUT2D eigenvalue weighted by atomic mass is 79.9. The Balaban J connectivity index is 1.93. The first-order valence-electron chi connectivity index (χ1n) is 9.82. The molecule has 1 heteroatoms. The van der Waals surface area contributed by atoms with E-state index in [1.807, 2.05) is 0 Å². The summed E-state index contributed by atoms with van der Waals surface area (Å²) >= 11 is 3.65. The highest BCUT2D eigenvalue weighted by Crippen LogP contribution is 2.42. The quantitative estimate of drug-likeness (QED) is 0.228. The van der Waals surface area contributed by atoms with Crippen LogP contribution < -0.4 is 0 Å². The van der Waals surface area contributed by atoms with E-state index in [0.29, 0.717) is 0 Å². The smallest absolute Gasteiger partial charge is 0.0181 e.